The number of para-hydroxylation sites is 1. The molecule has 29 heavy (non-hydrogen) atoms. The monoisotopic (exact) mass is 396 g/mol. The van der Waals surface area contributed by atoms with Gasteiger partial charge in [-0.05, 0) is 42.2 Å². The van der Waals surface area contributed by atoms with E-state index in [2.05, 4.69) is 34.1 Å². The molecule has 0 N–H and O–H groups in total. The van der Waals surface area contributed by atoms with Gasteiger partial charge < -0.3 is 24.0 Å². The van der Waals surface area contributed by atoms with Gasteiger partial charge in [-0.15, -0.1) is 0 Å². The molecule has 2 aliphatic rings. The average molecular weight is 396 g/mol. The van der Waals surface area contributed by atoms with E-state index in [4.69, 9.17) is 14.2 Å². The normalized spacial score (nSPS) is 18.6. The predicted octanol–water partition coefficient (Wildman–Crippen LogP) is 3.79. The number of methoxy groups -OCH3 is 3. The minimum absolute atomic E-state index is 0.178. The number of carbonyl (C=O) groups is 1. The second-order valence-electron chi connectivity index (χ2n) is 7.51. The zero-order chi connectivity index (χ0) is 20.4. The van der Waals surface area contributed by atoms with Gasteiger partial charge in [0.15, 0.2) is 11.5 Å². The minimum Gasteiger partial charge on any atom is -0.493 e. The van der Waals surface area contributed by atoms with Crippen LogP contribution in [0.4, 0.5) is 5.69 Å². The zero-order valence-corrected chi connectivity index (χ0v) is 17.3. The number of likely N-dealkylation sites (tertiary alicyclic amines) is 1. The van der Waals surface area contributed by atoms with Crippen molar-refractivity contribution in [1.82, 2.24) is 4.90 Å². The molecule has 2 heterocycles. The molecule has 4 rings (SSSR count). The molecule has 154 valence electrons. The van der Waals surface area contributed by atoms with Crippen molar-refractivity contribution >= 4 is 11.6 Å². The highest BCUT2D eigenvalue weighted by Crippen LogP contribution is 2.42. The van der Waals surface area contributed by atoms with Crippen molar-refractivity contribution in [3.63, 3.8) is 0 Å². The summed E-state index contributed by atoms with van der Waals surface area (Å²) in [6.07, 6.45) is 2.58. The van der Waals surface area contributed by atoms with Gasteiger partial charge in [0.1, 0.15) is 0 Å². The lowest BCUT2D eigenvalue weighted by atomic mass is 9.94. The highest BCUT2D eigenvalue weighted by atomic mass is 16.5. The standard InChI is InChI=1S/C23H28N2O4/c1-27-20-13-16(14-21(28-2)23(20)29-3)15-24-12-10-19(25-11-6-9-22(25)26)17-7-4-5-8-18(17)24/h4-5,7-8,13-14,19H,6,9-12,15H2,1-3H3. The number of benzene rings is 2. The third kappa shape index (κ3) is 3.59. The smallest absolute Gasteiger partial charge is 0.223 e. The third-order valence-corrected chi connectivity index (χ3v) is 5.89. The van der Waals surface area contributed by atoms with Crippen LogP contribution in [0.3, 0.4) is 0 Å². The Kier molecular flexibility index (Phi) is 5.51. The van der Waals surface area contributed by atoms with E-state index in [1.807, 2.05) is 12.1 Å². The summed E-state index contributed by atoms with van der Waals surface area (Å²) in [6.45, 7) is 2.49. The number of hydrogen-bond donors (Lipinski definition) is 0. The molecule has 1 unspecified atom stereocenters. The number of amides is 1. The van der Waals surface area contributed by atoms with Gasteiger partial charge >= 0.3 is 0 Å². The third-order valence-electron chi connectivity index (χ3n) is 5.89. The molecular formula is C23H28N2O4. The van der Waals surface area contributed by atoms with Gasteiger partial charge in [-0.3, -0.25) is 4.79 Å². The highest BCUT2D eigenvalue weighted by Gasteiger charge is 2.34. The Morgan fingerprint density at radius 2 is 1.72 bits per heavy atom. The van der Waals surface area contributed by atoms with E-state index in [1.54, 1.807) is 21.3 Å². The molecule has 0 aromatic heterocycles. The number of carbonyl (C=O) groups excluding carboxylic acids is 1. The average Bonchev–Trinajstić information content (AvgIpc) is 3.18. The molecule has 0 spiro atoms. The van der Waals surface area contributed by atoms with Gasteiger partial charge in [0.25, 0.3) is 0 Å². The number of nitrogens with zero attached hydrogens (tertiary/aromatic N) is 2. The molecule has 0 radical (unpaired) electrons. The van der Waals surface area contributed by atoms with Crippen LogP contribution >= 0.6 is 0 Å². The van der Waals surface area contributed by atoms with Gasteiger partial charge in [-0.25, -0.2) is 0 Å². The summed E-state index contributed by atoms with van der Waals surface area (Å²) >= 11 is 0. The first-order chi connectivity index (χ1) is 14.2. The maximum absolute atomic E-state index is 12.3. The maximum atomic E-state index is 12.3. The topological polar surface area (TPSA) is 51.2 Å². The van der Waals surface area contributed by atoms with Crippen LogP contribution in [0.1, 0.15) is 36.4 Å². The van der Waals surface area contributed by atoms with Crippen LogP contribution < -0.4 is 19.1 Å². The van der Waals surface area contributed by atoms with Gasteiger partial charge in [-0.1, -0.05) is 18.2 Å². The molecule has 6 heteroatoms. The summed E-state index contributed by atoms with van der Waals surface area (Å²) in [6, 6.07) is 12.6. The van der Waals surface area contributed by atoms with Crippen LogP contribution in [-0.2, 0) is 11.3 Å². The summed E-state index contributed by atoms with van der Waals surface area (Å²) in [7, 11) is 4.88. The summed E-state index contributed by atoms with van der Waals surface area (Å²) < 4.78 is 16.5. The minimum atomic E-state index is 0.178. The lowest BCUT2D eigenvalue weighted by molar-refractivity contribution is -0.130. The van der Waals surface area contributed by atoms with Crippen LogP contribution in [0.2, 0.25) is 0 Å². The quantitative estimate of drug-likeness (QED) is 0.744. The fourth-order valence-corrected chi connectivity index (χ4v) is 4.54. The molecular weight excluding hydrogens is 368 g/mol. The van der Waals surface area contributed by atoms with Crippen LogP contribution in [0.15, 0.2) is 36.4 Å². The summed E-state index contributed by atoms with van der Waals surface area (Å²) in [5.41, 5.74) is 3.52. The van der Waals surface area contributed by atoms with E-state index < -0.39 is 0 Å². The number of hydrogen-bond acceptors (Lipinski definition) is 5. The van der Waals surface area contributed by atoms with Crippen LogP contribution in [0.5, 0.6) is 17.2 Å². The van der Waals surface area contributed by atoms with Crippen LogP contribution in [-0.4, -0.2) is 45.2 Å². The SMILES string of the molecule is COc1cc(CN2CCC(N3CCCC3=O)c3ccccc32)cc(OC)c1OC. The van der Waals surface area contributed by atoms with E-state index in [9.17, 15) is 4.79 Å². The van der Waals surface area contributed by atoms with Gasteiger partial charge in [-0.2, -0.15) is 0 Å². The van der Waals surface area contributed by atoms with Crippen LogP contribution in [0.25, 0.3) is 0 Å². The Morgan fingerprint density at radius 3 is 2.34 bits per heavy atom. The lowest BCUT2D eigenvalue weighted by Gasteiger charge is -2.39. The van der Waals surface area contributed by atoms with Gasteiger partial charge in [0.05, 0.1) is 27.4 Å². The predicted molar refractivity (Wildman–Crippen MR) is 112 cm³/mol. The second kappa shape index (κ2) is 8.23. The zero-order valence-electron chi connectivity index (χ0n) is 17.3. The van der Waals surface area contributed by atoms with Gasteiger partial charge in [0.2, 0.25) is 11.7 Å². The Hall–Kier alpha value is -2.89. The van der Waals surface area contributed by atoms with E-state index in [-0.39, 0.29) is 11.9 Å². The fourth-order valence-electron chi connectivity index (χ4n) is 4.54. The van der Waals surface area contributed by atoms with Crippen molar-refractivity contribution in [2.24, 2.45) is 0 Å². The van der Waals surface area contributed by atoms with Crippen molar-refractivity contribution in [3.8, 4) is 17.2 Å². The van der Waals surface area contributed by atoms with Crippen LogP contribution in [0, 0.1) is 0 Å². The first-order valence-corrected chi connectivity index (χ1v) is 10.1. The molecule has 2 aliphatic heterocycles. The Morgan fingerprint density at radius 1 is 1.00 bits per heavy atom. The first kappa shape index (κ1) is 19.4. The van der Waals surface area contributed by atoms with E-state index in [1.165, 1.54) is 11.3 Å². The van der Waals surface area contributed by atoms with Crippen molar-refractivity contribution in [2.45, 2.75) is 31.8 Å². The maximum Gasteiger partial charge on any atom is 0.223 e. The molecule has 0 bridgehead atoms. The van der Waals surface area contributed by atoms with Crippen molar-refractivity contribution in [3.05, 3.63) is 47.5 Å². The molecule has 1 fully saturated rings. The van der Waals surface area contributed by atoms with Crippen molar-refractivity contribution < 1.29 is 19.0 Å². The molecule has 6 nitrogen and oxygen atoms in total. The number of anilines is 1. The summed E-state index contributed by atoms with van der Waals surface area (Å²) in [5.74, 6) is 2.20. The Balaban J connectivity index is 1.64. The van der Waals surface area contributed by atoms with Crippen molar-refractivity contribution in [1.29, 1.82) is 0 Å². The molecule has 1 saturated heterocycles. The Bertz CT molecular complexity index is 873. The summed E-state index contributed by atoms with van der Waals surface area (Å²) in [5, 5.41) is 0. The Labute approximate surface area is 172 Å². The summed E-state index contributed by atoms with van der Waals surface area (Å²) in [4.78, 5) is 16.8. The first-order valence-electron chi connectivity index (χ1n) is 10.1. The number of ether oxygens (including phenoxy) is 3. The van der Waals surface area contributed by atoms with E-state index in [0.717, 1.165) is 38.0 Å². The molecule has 1 atom stereocenters. The molecule has 0 saturated carbocycles. The van der Waals surface area contributed by atoms with Gasteiger partial charge in [0, 0.05) is 31.7 Å². The van der Waals surface area contributed by atoms with E-state index >= 15 is 0 Å². The lowest BCUT2D eigenvalue weighted by Crippen LogP contribution is -2.38. The molecule has 0 aliphatic carbocycles. The fraction of sp³-hybridized carbons (Fsp3) is 0.435. The number of fused-ring (bicyclic) bond motifs is 1. The van der Waals surface area contributed by atoms with Crippen molar-refractivity contribution in [2.75, 3.05) is 39.3 Å². The molecule has 1 amide bonds. The largest absolute Gasteiger partial charge is 0.493 e. The second-order valence-corrected chi connectivity index (χ2v) is 7.51. The van der Waals surface area contributed by atoms with E-state index in [0.29, 0.717) is 23.7 Å². The molecule has 2 aromatic rings. The number of rotatable bonds is 6. The highest BCUT2D eigenvalue weighted by molar-refractivity contribution is 5.79. The molecule has 2 aromatic carbocycles.